The minimum atomic E-state index is 0.0426. The lowest BCUT2D eigenvalue weighted by atomic mass is 10.1. The summed E-state index contributed by atoms with van der Waals surface area (Å²) in [7, 11) is 0. The van der Waals surface area contributed by atoms with E-state index in [-0.39, 0.29) is 12.1 Å². The first kappa shape index (κ1) is 11.5. The highest BCUT2D eigenvalue weighted by atomic mass is 16.6. The molecule has 7 heteroatoms. The number of piperidine rings is 1. The molecule has 0 aliphatic carbocycles. The number of rotatable bonds is 3. The molecule has 2 aliphatic rings. The molecular formula is C11H17N5O2. The third-order valence-corrected chi connectivity index (χ3v) is 3.14. The Hall–Kier alpha value is -1.63. The van der Waals surface area contributed by atoms with Crippen molar-refractivity contribution in [1.82, 2.24) is 15.0 Å². The summed E-state index contributed by atoms with van der Waals surface area (Å²) in [6, 6.07) is 0.302. The van der Waals surface area contributed by atoms with Crippen molar-refractivity contribution in [3.8, 4) is 6.01 Å². The Balaban J connectivity index is 1.75. The van der Waals surface area contributed by atoms with E-state index in [9.17, 15) is 0 Å². The molecule has 2 N–H and O–H groups in total. The second-order valence-corrected chi connectivity index (χ2v) is 4.60. The Kier molecular flexibility index (Phi) is 3.14. The lowest BCUT2D eigenvalue weighted by Gasteiger charge is -2.28. The van der Waals surface area contributed by atoms with Crippen LogP contribution in [0.2, 0.25) is 0 Å². The Morgan fingerprint density at radius 2 is 1.89 bits per heavy atom. The van der Waals surface area contributed by atoms with E-state index in [0.717, 1.165) is 25.9 Å². The summed E-state index contributed by atoms with van der Waals surface area (Å²) < 4.78 is 10.6. The fourth-order valence-corrected chi connectivity index (χ4v) is 2.08. The second kappa shape index (κ2) is 4.93. The van der Waals surface area contributed by atoms with Crippen LogP contribution in [-0.4, -0.2) is 47.4 Å². The van der Waals surface area contributed by atoms with Gasteiger partial charge in [-0.3, -0.25) is 0 Å². The standard InChI is InChI=1S/C11H17N5O2/c12-9-13-10(16-4-2-1-3-5-16)15-11(14-9)18-8-6-17-7-8/h8H,1-7H2,(H2,12,13,14,15). The molecule has 0 saturated carbocycles. The molecule has 0 atom stereocenters. The SMILES string of the molecule is Nc1nc(OC2COC2)nc(N2CCCCC2)n1. The van der Waals surface area contributed by atoms with Crippen molar-refractivity contribution in [2.75, 3.05) is 36.9 Å². The Morgan fingerprint density at radius 1 is 1.11 bits per heavy atom. The van der Waals surface area contributed by atoms with Gasteiger partial charge in [-0.15, -0.1) is 0 Å². The minimum Gasteiger partial charge on any atom is -0.455 e. The van der Waals surface area contributed by atoms with Crippen LogP contribution >= 0.6 is 0 Å². The third-order valence-electron chi connectivity index (χ3n) is 3.14. The van der Waals surface area contributed by atoms with Gasteiger partial charge in [0.15, 0.2) is 0 Å². The number of anilines is 2. The molecule has 2 fully saturated rings. The summed E-state index contributed by atoms with van der Waals surface area (Å²) in [5, 5.41) is 0. The predicted octanol–water partition coefficient (Wildman–Crippen LogP) is 0.222. The van der Waals surface area contributed by atoms with Crippen molar-refractivity contribution in [3.05, 3.63) is 0 Å². The van der Waals surface area contributed by atoms with Gasteiger partial charge in [0.25, 0.3) is 0 Å². The highest BCUT2D eigenvalue weighted by Crippen LogP contribution is 2.19. The maximum absolute atomic E-state index is 5.70. The van der Waals surface area contributed by atoms with E-state index in [0.29, 0.717) is 25.2 Å². The number of hydrogen-bond donors (Lipinski definition) is 1. The Morgan fingerprint density at radius 3 is 2.56 bits per heavy atom. The number of ether oxygens (including phenoxy) is 2. The number of nitrogen functional groups attached to an aromatic ring is 1. The van der Waals surface area contributed by atoms with Crippen LogP contribution in [0.3, 0.4) is 0 Å². The highest BCUT2D eigenvalue weighted by molar-refractivity contribution is 5.36. The number of nitrogens with two attached hydrogens (primary N) is 1. The van der Waals surface area contributed by atoms with E-state index < -0.39 is 0 Å². The maximum Gasteiger partial charge on any atom is 0.323 e. The summed E-state index contributed by atoms with van der Waals surface area (Å²) in [5.74, 6) is 0.832. The molecule has 2 saturated heterocycles. The molecule has 3 heterocycles. The van der Waals surface area contributed by atoms with E-state index in [1.807, 2.05) is 0 Å². The van der Waals surface area contributed by atoms with Crippen LogP contribution in [0, 0.1) is 0 Å². The summed E-state index contributed by atoms with van der Waals surface area (Å²) in [5.41, 5.74) is 5.70. The van der Waals surface area contributed by atoms with Gasteiger partial charge in [-0.05, 0) is 19.3 Å². The topological polar surface area (TPSA) is 86.4 Å². The van der Waals surface area contributed by atoms with Crippen LogP contribution in [0.25, 0.3) is 0 Å². The number of aromatic nitrogens is 3. The molecule has 3 rings (SSSR count). The van der Waals surface area contributed by atoms with Gasteiger partial charge in [0, 0.05) is 13.1 Å². The van der Waals surface area contributed by atoms with Crippen molar-refractivity contribution in [1.29, 1.82) is 0 Å². The van der Waals surface area contributed by atoms with Crippen molar-refractivity contribution < 1.29 is 9.47 Å². The average Bonchev–Trinajstić information content (AvgIpc) is 2.34. The second-order valence-electron chi connectivity index (χ2n) is 4.60. The number of hydrogen-bond acceptors (Lipinski definition) is 7. The minimum absolute atomic E-state index is 0.0426. The molecule has 0 radical (unpaired) electrons. The van der Waals surface area contributed by atoms with Gasteiger partial charge >= 0.3 is 6.01 Å². The van der Waals surface area contributed by atoms with Crippen LogP contribution in [0.5, 0.6) is 6.01 Å². The van der Waals surface area contributed by atoms with Crippen molar-refractivity contribution in [2.45, 2.75) is 25.4 Å². The van der Waals surface area contributed by atoms with Crippen LogP contribution in [0.15, 0.2) is 0 Å². The molecule has 0 aromatic carbocycles. The molecule has 1 aromatic heterocycles. The molecule has 0 amide bonds. The summed E-state index contributed by atoms with van der Waals surface area (Å²) >= 11 is 0. The van der Waals surface area contributed by atoms with E-state index in [2.05, 4.69) is 19.9 Å². The zero-order chi connectivity index (χ0) is 12.4. The molecule has 0 spiro atoms. The van der Waals surface area contributed by atoms with Crippen molar-refractivity contribution in [3.63, 3.8) is 0 Å². The quantitative estimate of drug-likeness (QED) is 0.822. The normalized spacial score (nSPS) is 20.6. The molecule has 0 bridgehead atoms. The molecule has 18 heavy (non-hydrogen) atoms. The molecule has 7 nitrogen and oxygen atoms in total. The zero-order valence-corrected chi connectivity index (χ0v) is 10.2. The molecular weight excluding hydrogens is 234 g/mol. The summed E-state index contributed by atoms with van der Waals surface area (Å²) in [6.07, 6.45) is 3.64. The van der Waals surface area contributed by atoms with Gasteiger partial charge in [0.1, 0.15) is 6.10 Å². The van der Waals surface area contributed by atoms with Gasteiger partial charge < -0.3 is 20.1 Å². The smallest absolute Gasteiger partial charge is 0.323 e. The van der Waals surface area contributed by atoms with Gasteiger partial charge in [-0.1, -0.05) is 0 Å². The van der Waals surface area contributed by atoms with Crippen LogP contribution in [0.4, 0.5) is 11.9 Å². The van der Waals surface area contributed by atoms with Gasteiger partial charge in [0.2, 0.25) is 11.9 Å². The zero-order valence-electron chi connectivity index (χ0n) is 10.2. The maximum atomic E-state index is 5.70. The van der Waals surface area contributed by atoms with Crippen LogP contribution < -0.4 is 15.4 Å². The van der Waals surface area contributed by atoms with Crippen LogP contribution in [-0.2, 0) is 4.74 Å². The van der Waals surface area contributed by atoms with Gasteiger partial charge in [0.05, 0.1) is 13.2 Å². The Labute approximate surface area is 105 Å². The van der Waals surface area contributed by atoms with Crippen molar-refractivity contribution in [2.24, 2.45) is 0 Å². The third kappa shape index (κ3) is 2.45. The first-order valence-corrected chi connectivity index (χ1v) is 6.32. The molecule has 2 aliphatic heterocycles. The fourth-order valence-electron chi connectivity index (χ4n) is 2.08. The van der Waals surface area contributed by atoms with Crippen LogP contribution in [0.1, 0.15) is 19.3 Å². The molecule has 98 valence electrons. The fraction of sp³-hybridized carbons (Fsp3) is 0.727. The summed E-state index contributed by atoms with van der Waals surface area (Å²) in [6.45, 7) is 3.11. The van der Waals surface area contributed by atoms with Gasteiger partial charge in [-0.25, -0.2) is 0 Å². The summed E-state index contributed by atoms with van der Waals surface area (Å²) in [4.78, 5) is 14.6. The highest BCUT2D eigenvalue weighted by Gasteiger charge is 2.23. The van der Waals surface area contributed by atoms with E-state index in [4.69, 9.17) is 15.2 Å². The average molecular weight is 251 g/mol. The first-order valence-electron chi connectivity index (χ1n) is 6.32. The predicted molar refractivity (Wildman–Crippen MR) is 65.5 cm³/mol. The van der Waals surface area contributed by atoms with Crippen molar-refractivity contribution >= 4 is 11.9 Å². The Bertz CT molecular complexity index is 418. The van der Waals surface area contributed by atoms with E-state index >= 15 is 0 Å². The number of nitrogens with zero attached hydrogens (tertiary/aromatic N) is 4. The monoisotopic (exact) mass is 251 g/mol. The lowest BCUT2D eigenvalue weighted by molar-refractivity contribution is -0.0831. The molecule has 1 aromatic rings. The lowest BCUT2D eigenvalue weighted by Crippen LogP contribution is -2.39. The largest absolute Gasteiger partial charge is 0.455 e. The van der Waals surface area contributed by atoms with Gasteiger partial charge in [-0.2, -0.15) is 15.0 Å². The van der Waals surface area contributed by atoms with E-state index in [1.165, 1.54) is 6.42 Å². The first-order chi connectivity index (χ1) is 8.81. The van der Waals surface area contributed by atoms with E-state index in [1.54, 1.807) is 0 Å². The molecule has 0 unspecified atom stereocenters.